The molecule has 0 aliphatic rings. The van der Waals surface area contributed by atoms with Crippen molar-refractivity contribution in [3.8, 4) is 6.07 Å². The van der Waals surface area contributed by atoms with E-state index in [1.807, 2.05) is 17.7 Å². The Morgan fingerprint density at radius 2 is 2.10 bits per heavy atom. The lowest BCUT2D eigenvalue weighted by Gasteiger charge is -2.09. The first-order chi connectivity index (χ1) is 9.52. The van der Waals surface area contributed by atoms with Crippen LogP contribution in [-0.4, -0.2) is 14.8 Å². The third kappa shape index (κ3) is 2.80. The summed E-state index contributed by atoms with van der Waals surface area (Å²) in [6, 6.07) is 5.99. The van der Waals surface area contributed by atoms with Gasteiger partial charge in [-0.05, 0) is 39.8 Å². The Hall–Kier alpha value is -2.35. The Labute approximate surface area is 119 Å². The Morgan fingerprint density at radius 1 is 1.35 bits per heavy atom. The topological polar surface area (TPSA) is 66.5 Å². The van der Waals surface area contributed by atoms with Crippen LogP contribution in [0.15, 0.2) is 18.3 Å². The number of hydrogen-bond acceptors (Lipinski definition) is 4. The Kier molecular flexibility index (Phi) is 4.04. The molecule has 0 saturated carbocycles. The Morgan fingerprint density at radius 3 is 2.60 bits per heavy atom. The van der Waals surface area contributed by atoms with Gasteiger partial charge in [0.1, 0.15) is 11.9 Å². The van der Waals surface area contributed by atoms with Crippen LogP contribution in [0, 0.1) is 25.2 Å². The minimum absolute atomic E-state index is 0.357. The number of hydrogen-bond donors (Lipinski definition) is 1. The molecule has 0 saturated heterocycles. The predicted octanol–water partition coefficient (Wildman–Crippen LogP) is 2.96. The van der Waals surface area contributed by atoms with Crippen molar-refractivity contribution in [2.75, 3.05) is 5.32 Å². The molecule has 0 fully saturated rings. The lowest BCUT2D eigenvalue weighted by Crippen LogP contribution is -2.07. The first kappa shape index (κ1) is 14.1. The summed E-state index contributed by atoms with van der Waals surface area (Å²) in [7, 11) is 0. The average Bonchev–Trinajstić information content (AvgIpc) is 2.72. The second-order valence-electron chi connectivity index (χ2n) is 5.09. The highest BCUT2D eigenvalue weighted by Gasteiger charge is 2.13. The van der Waals surface area contributed by atoms with Crippen LogP contribution >= 0.6 is 0 Å². The number of aromatic nitrogens is 3. The van der Waals surface area contributed by atoms with Crippen molar-refractivity contribution in [2.45, 2.75) is 40.3 Å². The first-order valence-corrected chi connectivity index (χ1v) is 6.67. The fourth-order valence-corrected chi connectivity index (χ4v) is 2.20. The van der Waals surface area contributed by atoms with E-state index in [-0.39, 0.29) is 0 Å². The third-order valence-corrected chi connectivity index (χ3v) is 3.30. The van der Waals surface area contributed by atoms with Gasteiger partial charge in [0.25, 0.3) is 0 Å². The summed E-state index contributed by atoms with van der Waals surface area (Å²) < 4.78 is 2.04. The molecule has 2 aromatic rings. The smallest absolute Gasteiger partial charge is 0.126 e. The molecule has 20 heavy (non-hydrogen) atoms. The summed E-state index contributed by atoms with van der Waals surface area (Å²) in [5.41, 5.74) is 3.98. The second-order valence-corrected chi connectivity index (χ2v) is 5.09. The van der Waals surface area contributed by atoms with E-state index in [2.05, 4.69) is 42.2 Å². The van der Waals surface area contributed by atoms with Crippen molar-refractivity contribution < 1.29 is 0 Å². The molecular weight excluding hydrogens is 250 g/mol. The van der Waals surface area contributed by atoms with E-state index in [1.165, 1.54) is 11.3 Å². The first-order valence-electron chi connectivity index (χ1n) is 6.67. The number of anilines is 1. The summed E-state index contributed by atoms with van der Waals surface area (Å²) >= 11 is 0. The van der Waals surface area contributed by atoms with Gasteiger partial charge < -0.3 is 5.32 Å². The van der Waals surface area contributed by atoms with E-state index in [4.69, 9.17) is 5.26 Å². The van der Waals surface area contributed by atoms with Crippen LogP contribution in [0.1, 0.15) is 42.4 Å². The highest BCUT2D eigenvalue weighted by atomic mass is 15.3. The second kappa shape index (κ2) is 5.74. The van der Waals surface area contributed by atoms with E-state index in [9.17, 15) is 0 Å². The molecule has 0 radical (unpaired) electrons. The zero-order chi connectivity index (χ0) is 14.7. The van der Waals surface area contributed by atoms with E-state index in [1.54, 1.807) is 12.3 Å². The molecular formula is C15H19N5. The number of pyridine rings is 1. The maximum Gasteiger partial charge on any atom is 0.126 e. The van der Waals surface area contributed by atoms with Crippen LogP contribution in [0.3, 0.4) is 0 Å². The maximum atomic E-state index is 8.74. The Balaban J connectivity index is 2.12. The molecule has 2 heterocycles. The molecule has 2 aromatic heterocycles. The minimum Gasteiger partial charge on any atom is -0.366 e. The molecule has 0 spiro atoms. The number of aryl methyl sites for hydroxylation is 1. The van der Waals surface area contributed by atoms with Crippen molar-refractivity contribution in [2.24, 2.45) is 0 Å². The van der Waals surface area contributed by atoms with E-state index in [0.717, 1.165) is 11.5 Å². The highest BCUT2D eigenvalue weighted by molar-refractivity contribution is 5.40. The number of nitrogens with zero attached hydrogens (tertiary/aromatic N) is 4. The van der Waals surface area contributed by atoms with Crippen LogP contribution < -0.4 is 5.32 Å². The molecule has 0 unspecified atom stereocenters. The molecule has 5 heteroatoms. The van der Waals surface area contributed by atoms with Gasteiger partial charge in [0, 0.05) is 30.0 Å². The monoisotopic (exact) mass is 269 g/mol. The summed E-state index contributed by atoms with van der Waals surface area (Å²) in [5, 5.41) is 16.6. The average molecular weight is 269 g/mol. The van der Waals surface area contributed by atoms with Crippen LogP contribution in [0.5, 0.6) is 0 Å². The zero-order valence-electron chi connectivity index (χ0n) is 12.3. The largest absolute Gasteiger partial charge is 0.366 e. The summed E-state index contributed by atoms with van der Waals surface area (Å²) in [5.74, 6) is 0.764. The van der Waals surface area contributed by atoms with Crippen LogP contribution in [0.2, 0.25) is 0 Å². The standard InChI is InChI=1S/C15H19N5/c1-10(2)20-12(4)14(11(3)19-20)9-18-15-6-5-13(7-16)8-17-15/h5-6,8,10H,9H2,1-4H3,(H,17,18). The van der Waals surface area contributed by atoms with E-state index in [0.29, 0.717) is 18.2 Å². The minimum atomic E-state index is 0.357. The quantitative estimate of drug-likeness (QED) is 0.926. The van der Waals surface area contributed by atoms with Crippen molar-refractivity contribution in [3.05, 3.63) is 40.8 Å². The normalized spacial score (nSPS) is 10.6. The molecule has 0 aliphatic carbocycles. The van der Waals surface area contributed by atoms with Crippen molar-refractivity contribution in [1.29, 1.82) is 5.26 Å². The predicted molar refractivity (Wildman–Crippen MR) is 78.4 cm³/mol. The molecule has 104 valence electrons. The summed E-state index contributed by atoms with van der Waals surface area (Å²) in [6.45, 7) is 9.04. The number of nitrogens with one attached hydrogen (secondary N) is 1. The summed E-state index contributed by atoms with van der Waals surface area (Å²) in [4.78, 5) is 4.21. The van der Waals surface area contributed by atoms with Crippen LogP contribution in [-0.2, 0) is 6.54 Å². The van der Waals surface area contributed by atoms with Gasteiger partial charge in [0.15, 0.2) is 0 Å². The fraction of sp³-hybridized carbons (Fsp3) is 0.400. The van der Waals surface area contributed by atoms with E-state index >= 15 is 0 Å². The molecule has 0 aliphatic heterocycles. The lowest BCUT2D eigenvalue weighted by molar-refractivity contribution is 0.515. The number of rotatable bonds is 4. The molecule has 0 aromatic carbocycles. The fourth-order valence-electron chi connectivity index (χ4n) is 2.20. The molecule has 2 rings (SSSR count). The van der Waals surface area contributed by atoms with Gasteiger partial charge in [-0.1, -0.05) is 0 Å². The van der Waals surface area contributed by atoms with Gasteiger partial charge in [0.05, 0.1) is 11.3 Å². The van der Waals surface area contributed by atoms with Gasteiger partial charge in [-0.3, -0.25) is 4.68 Å². The van der Waals surface area contributed by atoms with Gasteiger partial charge >= 0.3 is 0 Å². The molecule has 0 amide bonds. The van der Waals surface area contributed by atoms with E-state index < -0.39 is 0 Å². The maximum absolute atomic E-state index is 8.74. The Bertz CT molecular complexity index is 632. The molecule has 0 bridgehead atoms. The molecule has 1 N–H and O–H groups in total. The van der Waals surface area contributed by atoms with Gasteiger partial charge in [0.2, 0.25) is 0 Å². The molecule has 5 nitrogen and oxygen atoms in total. The van der Waals surface area contributed by atoms with Gasteiger partial charge in [-0.15, -0.1) is 0 Å². The number of nitriles is 1. The zero-order valence-corrected chi connectivity index (χ0v) is 12.3. The lowest BCUT2D eigenvalue weighted by atomic mass is 10.2. The van der Waals surface area contributed by atoms with Crippen molar-refractivity contribution >= 4 is 5.82 Å². The van der Waals surface area contributed by atoms with Crippen molar-refractivity contribution in [3.63, 3.8) is 0 Å². The summed E-state index contributed by atoms with van der Waals surface area (Å²) in [6.07, 6.45) is 1.57. The molecule has 0 atom stereocenters. The van der Waals surface area contributed by atoms with Crippen molar-refractivity contribution in [1.82, 2.24) is 14.8 Å². The van der Waals surface area contributed by atoms with Gasteiger partial charge in [-0.2, -0.15) is 10.4 Å². The van der Waals surface area contributed by atoms with Crippen LogP contribution in [0.25, 0.3) is 0 Å². The highest BCUT2D eigenvalue weighted by Crippen LogP contribution is 2.18. The van der Waals surface area contributed by atoms with Crippen LogP contribution in [0.4, 0.5) is 5.82 Å². The SMILES string of the molecule is Cc1nn(C(C)C)c(C)c1CNc1ccc(C#N)cn1. The van der Waals surface area contributed by atoms with Gasteiger partial charge in [-0.25, -0.2) is 4.98 Å². The third-order valence-electron chi connectivity index (χ3n) is 3.30.